The first kappa shape index (κ1) is 27.9. The van der Waals surface area contributed by atoms with Gasteiger partial charge < -0.3 is 18.3 Å². The van der Waals surface area contributed by atoms with Crippen LogP contribution in [-0.2, 0) is 9.16 Å². The first-order valence-electron chi connectivity index (χ1n) is 11.5. The molecule has 0 saturated heterocycles. The number of aromatic nitrogens is 2. The summed E-state index contributed by atoms with van der Waals surface area (Å²) in [7, 11) is -2.28. The lowest BCUT2D eigenvalue weighted by Crippen LogP contribution is -2.33. The Morgan fingerprint density at radius 2 is 1.62 bits per heavy atom. The summed E-state index contributed by atoms with van der Waals surface area (Å²) in [5, 5.41) is 4.47. The Morgan fingerprint density at radius 3 is 2.09 bits per heavy atom. The number of aryl methyl sites for hydroxylation is 1. The monoisotopic (exact) mass is 504 g/mol. The van der Waals surface area contributed by atoms with Crippen LogP contribution in [0.2, 0.25) is 39.3 Å². The molecule has 0 amide bonds. The van der Waals surface area contributed by atoms with Crippen molar-refractivity contribution >= 4 is 28.8 Å². The van der Waals surface area contributed by atoms with Crippen molar-refractivity contribution in [2.24, 2.45) is 0 Å². The molecule has 0 aliphatic carbocycles. The van der Waals surface area contributed by atoms with Crippen LogP contribution in [0.4, 0.5) is 4.79 Å². The molecule has 0 aliphatic rings. The van der Waals surface area contributed by atoms with Crippen molar-refractivity contribution in [3.63, 3.8) is 0 Å². The molecule has 0 saturated carbocycles. The van der Waals surface area contributed by atoms with E-state index in [1.807, 2.05) is 64.1 Å². The van der Waals surface area contributed by atoms with Gasteiger partial charge in [-0.05, 0) is 90.7 Å². The third-order valence-corrected chi connectivity index (χ3v) is 6.16. The number of hydrogen-bond acceptors (Lipinski definition) is 6. The highest BCUT2D eigenvalue weighted by Crippen LogP contribution is 2.31. The summed E-state index contributed by atoms with van der Waals surface area (Å²) in [5.41, 5.74) is 1.79. The van der Waals surface area contributed by atoms with Crippen molar-refractivity contribution in [2.75, 3.05) is 7.11 Å². The first-order valence-corrected chi connectivity index (χ1v) is 18.3. The molecule has 1 heterocycles. The Morgan fingerprint density at radius 1 is 1.03 bits per heavy atom. The van der Waals surface area contributed by atoms with E-state index in [9.17, 15) is 4.79 Å². The number of carbonyl (C=O) groups is 1. The van der Waals surface area contributed by atoms with E-state index in [1.54, 1.807) is 7.11 Å². The van der Waals surface area contributed by atoms with Crippen LogP contribution in [0.3, 0.4) is 0 Å². The second-order valence-corrected chi connectivity index (χ2v) is 20.1. The fourth-order valence-electron chi connectivity index (χ4n) is 3.10. The lowest BCUT2D eigenvalue weighted by atomic mass is 10.1. The zero-order valence-electron chi connectivity index (χ0n) is 22.5. The third kappa shape index (κ3) is 8.45. The molecule has 0 radical (unpaired) electrons. The fraction of sp³-hybridized carbons (Fsp3) is 0.520. The van der Waals surface area contributed by atoms with Gasteiger partial charge in [-0.3, -0.25) is 0 Å². The Bertz CT molecular complexity index is 1010. The van der Waals surface area contributed by atoms with E-state index in [-0.39, 0.29) is 6.10 Å². The van der Waals surface area contributed by atoms with E-state index in [2.05, 4.69) is 44.4 Å². The lowest BCUT2D eigenvalue weighted by molar-refractivity contribution is 0.0505. The standard InChI is InChI=1S/C25H40N2O5Si2/c1-18-21(23(32-34(9,10)11)27(26-18)24(28)30-25(2,3)4)16-17-22(31-33(6,7)8)19-12-14-20(29-5)15-13-19/h12-17,22H,1-11H3/b17-16+. The molecule has 1 atom stereocenters. The van der Waals surface area contributed by atoms with Crippen molar-refractivity contribution < 1.29 is 23.1 Å². The van der Waals surface area contributed by atoms with E-state index >= 15 is 0 Å². The zero-order valence-corrected chi connectivity index (χ0v) is 24.5. The Hall–Kier alpha value is -2.37. The second-order valence-electron chi connectivity index (χ2n) is 11.2. The Balaban J connectivity index is 2.53. The van der Waals surface area contributed by atoms with Crippen LogP contribution in [0.1, 0.15) is 43.7 Å². The maximum Gasteiger partial charge on any atom is 0.438 e. The van der Waals surface area contributed by atoms with Gasteiger partial charge in [-0.15, -0.1) is 4.68 Å². The first-order chi connectivity index (χ1) is 15.5. The van der Waals surface area contributed by atoms with Gasteiger partial charge in [-0.25, -0.2) is 4.79 Å². The van der Waals surface area contributed by atoms with E-state index < -0.39 is 28.3 Å². The minimum atomic E-state index is -2.06. The van der Waals surface area contributed by atoms with Crippen LogP contribution >= 0.6 is 0 Å². The second kappa shape index (κ2) is 10.5. The van der Waals surface area contributed by atoms with Gasteiger partial charge in [0.1, 0.15) is 11.4 Å². The third-order valence-electron chi connectivity index (χ3n) is 4.39. The topological polar surface area (TPSA) is 71.8 Å². The van der Waals surface area contributed by atoms with Crippen LogP contribution in [-0.4, -0.2) is 45.2 Å². The normalized spacial score (nSPS) is 13.7. The Kier molecular flexibility index (Phi) is 8.60. The van der Waals surface area contributed by atoms with Gasteiger partial charge in [0.2, 0.25) is 14.2 Å². The molecular weight excluding hydrogens is 464 g/mol. The number of hydrogen-bond donors (Lipinski definition) is 0. The van der Waals surface area contributed by atoms with Crippen molar-refractivity contribution in [3.05, 3.63) is 47.2 Å². The number of benzene rings is 1. The van der Waals surface area contributed by atoms with E-state index in [0.717, 1.165) is 16.9 Å². The lowest BCUT2D eigenvalue weighted by Gasteiger charge is -2.25. The molecule has 0 spiro atoms. The molecule has 0 fully saturated rings. The quantitative estimate of drug-likeness (QED) is 0.368. The van der Waals surface area contributed by atoms with E-state index in [0.29, 0.717) is 11.6 Å². The van der Waals surface area contributed by atoms with Crippen LogP contribution < -0.4 is 9.16 Å². The minimum Gasteiger partial charge on any atom is -0.531 e. The molecule has 0 aliphatic heterocycles. The molecule has 188 valence electrons. The molecule has 0 bridgehead atoms. The minimum absolute atomic E-state index is 0.262. The molecule has 0 N–H and O–H groups in total. The molecule has 9 heteroatoms. The highest BCUT2D eigenvalue weighted by molar-refractivity contribution is 6.70. The van der Waals surface area contributed by atoms with Crippen molar-refractivity contribution in [1.82, 2.24) is 9.78 Å². The summed E-state index contributed by atoms with van der Waals surface area (Å²) < 4.78 is 24.9. The molecular formula is C25H40N2O5Si2. The smallest absolute Gasteiger partial charge is 0.438 e. The van der Waals surface area contributed by atoms with Gasteiger partial charge in [0.15, 0.2) is 8.32 Å². The van der Waals surface area contributed by atoms with Crippen molar-refractivity contribution in [1.29, 1.82) is 0 Å². The van der Waals surface area contributed by atoms with Crippen molar-refractivity contribution in [3.8, 4) is 11.6 Å². The van der Waals surface area contributed by atoms with E-state index in [4.69, 9.17) is 18.3 Å². The molecule has 1 aromatic carbocycles. The Labute approximate surface area is 206 Å². The summed E-state index contributed by atoms with van der Waals surface area (Å²) in [6.45, 7) is 20.0. The number of methoxy groups -OCH3 is 1. The largest absolute Gasteiger partial charge is 0.531 e. The molecule has 2 aromatic rings. The average Bonchev–Trinajstić information content (AvgIpc) is 2.97. The SMILES string of the molecule is COc1ccc(C(/C=C/c2c(C)nn(C(=O)OC(C)(C)C)c2O[Si](C)(C)C)O[Si](C)(C)C)cc1. The summed E-state index contributed by atoms with van der Waals surface area (Å²) >= 11 is 0. The molecule has 34 heavy (non-hydrogen) atoms. The summed E-state index contributed by atoms with van der Waals surface area (Å²) in [6.07, 6.45) is 3.11. The summed E-state index contributed by atoms with van der Waals surface area (Å²) in [6, 6.07) is 7.86. The van der Waals surface area contributed by atoms with Gasteiger partial charge in [0.25, 0.3) is 0 Å². The highest BCUT2D eigenvalue weighted by atomic mass is 28.4. The van der Waals surface area contributed by atoms with Crippen LogP contribution in [0.15, 0.2) is 30.3 Å². The molecule has 1 aromatic heterocycles. The average molecular weight is 505 g/mol. The fourth-order valence-corrected chi connectivity index (χ4v) is 4.86. The predicted molar refractivity (Wildman–Crippen MR) is 142 cm³/mol. The number of carbonyl (C=O) groups excluding carboxylic acids is 1. The van der Waals surface area contributed by atoms with Gasteiger partial charge in [0.05, 0.1) is 24.5 Å². The molecule has 2 rings (SSSR count). The number of nitrogens with zero attached hydrogens (tertiary/aromatic N) is 2. The number of rotatable bonds is 8. The number of ether oxygens (including phenoxy) is 2. The van der Waals surface area contributed by atoms with Gasteiger partial charge in [-0.1, -0.05) is 18.2 Å². The van der Waals surface area contributed by atoms with E-state index in [1.165, 1.54) is 4.68 Å². The zero-order chi connectivity index (χ0) is 25.9. The molecule has 7 nitrogen and oxygen atoms in total. The van der Waals surface area contributed by atoms with Crippen LogP contribution in [0.25, 0.3) is 6.08 Å². The highest BCUT2D eigenvalue weighted by Gasteiger charge is 2.29. The van der Waals surface area contributed by atoms with Crippen LogP contribution in [0, 0.1) is 6.92 Å². The maximum atomic E-state index is 12.9. The van der Waals surface area contributed by atoms with Gasteiger partial charge in [0, 0.05) is 0 Å². The summed E-state index contributed by atoms with van der Waals surface area (Å²) in [4.78, 5) is 12.9. The van der Waals surface area contributed by atoms with Crippen molar-refractivity contribution in [2.45, 2.75) is 78.7 Å². The van der Waals surface area contributed by atoms with Gasteiger partial charge in [-0.2, -0.15) is 5.10 Å². The summed E-state index contributed by atoms with van der Waals surface area (Å²) in [5.74, 6) is 1.20. The molecule has 1 unspecified atom stereocenters. The van der Waals surface area contributed by atoms with Crippen LogP contribution in [0.5, 0.6) is 11.6 Å². The predicted octanol–water partition coefficient (Wildman–Crippen LogP) is 6.80. The maximum absolute atomic E-state index is 12.9. The van der Waals surface area contributed by atoms with Gasteiger partial charge >= 0.3 is 6.09 Å².